The Morgan fingerprint density at radius 2 is 1.61 bits per heavy atom. The fourth-order valence-corrected chi connectivity index (χ4v) is 3.68. The molecule has 7 nitrogen and oxygen atoms in total. The molecule has 3 rings (SSSR count). The fourth-order valence-electron chi connectivity index (χ4n) is 3.42. The van der Waals surface area contributed by atoms with Crippen molar-refractivity contribution < 1.29 is 19.5 Å². The molecule has 2 aromatic rings. The van der Waals surface area contributed by atoms with Crippen LogP contribution in [0.4, 0.5) is 10.5 Å². The summed E-state index contributed by atoms with van der Waals surface area (Å²) in [6.45, 7) is 0.563. The van der Waals surface area contributed by atoms with Crippen molar-refractivity contribution in [2.75, 3.05) is 18.5 Å². The number of halogens is 1. The van der Waals surface area contributed by atoms with Crippen LogP contribution in [0.3, 0.4) is 0 Å². The number of aliphatic hydroxyl groups is 1. The summed E-state index contributed by atoms with van der Waals surface area (Å²) in [5.74, 6) is -0.368. The van der Waals surface area contributed by atoms with Gasteiger partial charge < -0.3 is 15.7 Å². The van der Waals surface area contributed by atoms with Crippen molar-refractivity contribution in [3.63, 3.8) is 0 Å². The minimum Gasteiger partial charge on any atom is -0.396 e. The predicted octanol–water partition coefficient (Wildman–Crippen LogP) is 3.46. The molecule has 0 aliphatic carbocycles. The third kappa shape index (κ3) is 6.90. The molecule has 0 spiro atoms. The van der Waals surface area contributed by atoms with Gasteiger partial charge in [-0.25, -0.2) is 4.79 Å². The van der Waals surface area contributed by atoms with Crippen LogP contribution in [0.25, 0.3) is 0 Å². The lowest BCUT2D eigenvalue weighted by Crippen LogP contribution is -2.39. The van der Waals surface area contributed by atoms with Crippen LogP contribution in [0.5, 0.6) is 0 Å². The van der Waals surface area contributed by atoms with Crippen LogP contribution in [-0.2, 0) is 22.6 Å². The maximum absolute atomic E-state index is 12.2. The molecule has 4 amide bonds. The SMILES string of the molecule is O=C(NCC(CO)Cc1ccc(Br)cc1)Nc1ccc(CN2C(=O)CCCC2=O)cc1. The summed E-state index contributed by atoms with van der Waals surface area (Å²) in [7, 11) is 0. The van der Waals surface area contributed by atoms with Gasteiger partial charge in [0.25, 0.3) is 0 Å². The topological polar surface area (TPSA) is 98.7 Å². The average Bonchev–Trinajstić information content (AvgIpc) is 2.76. The van der Waals surface area contributed by atoms with Crippen molar-refractivity contribution in [2.45, 2.75) is 32.2 Å². The summed E-state index contributed by atoms with van der Waals surface area (Å²) in [6, 6.07) is 14.6. The summed E-state index contributed by atoms with van der Waals surface area (Å²) in [4.78, 5) is 37.3. The normalized spacial score (nSPS) is 15.0. The fraction of sp³-hybridized carbons (Fsp3) is 0.348. The molecule has 0 aromatic heterocycles. The van der Waals surface area contributed by atoms with Crippen LogP contribution in [-0.4, -0.2) is 41.0 Å². The molecule has 1 heterocycles. The first-order valence-electron chi connectivity index (χ1n) is 10.3. The van der Waals surface area contributed by atoms with Crippen LogP contribution in [0, 0.1) is 5.92 Å². The third-order valence-corrected chi connectivity index (χ3v) is 5.71. The van der Waals surface area contributed by atoms with Crippen molar-refractivity contribution in [2.24, 2.45) is 5.92 Å². The third-order valence-electron chi connectivity index (χ3n) is 5.18. The Balaban J connectivity index is 1.46. The summed E-state index contributed by atoms with van der Waals surface area (Å²) < 4.78 is 0.995. The van der Waals surface area contributed by atoms with E-state index in [4.69, 9.17) is 0 Å². The highest BCUT2D eigenvalue weighted by Gasteiger charge is 2.25. The quantitative estimate of drug-likeness (QED) is 0.496. The zero-order valence-corrected chi connectivity index (χ0v) is 18.7. The number of hydrogen-bond acceptors (Lipinski definition) is 4. The molecule has 0 bridgehead atoms. The second-order valence-corrected chi connectivity index (χ2v) is 8.55. The number of piperidine rings is 1. The van der Waals surface area contributed by atoms with E-state index in [1.54, 1.807) is 24.3 Å². The van der Waals surface area contributed by atoms with Gasteiger partial charge in [-0.1, -0.05) is 40.2 Å². The zero-order valence-electron chi connectivity index (χ0n) is 17.1. The van der Waals surface area contributed by atoms with E-state index < -0.39 is 0 Å². The summed E-state index contributed by atoms with van der Waals surface area (Å²) in [5, 5.41) is 15.2. The van der Waals surface area contributed by atoms with Gasteiger partial charge in [-0.05, 0) is 48.2 Å². The molecule has 0 radical (unpaired) electrons. The van der Waals surface area contributed by atoms with E-state index in [2.05, 4.69) is 26.6 Å². The molecule has 2 aromatic carbocycles. The van der Waals surface area contributed by atoms with E-state index in [0.717, 1.165) is 15.6 Å². The number of likely N-dealkylation sites (tertiary alicyclic amines) is 1. The second kappa shape index (κ2) is 11.1. The smallest absolute Gasteiger partial charge is 0.319 e. The van der Waals surface area contributed by atoms with Crippen molar-refractivity contribution >= 4 is 39.5 Å². The largest absolute Gasteiger partial charge is 0.396 e. The highest BCUT2D eigenvalue weighted by atomic mass is 79.9. The lowest BCUT2D eigenvalue weighted by Gasteiger charge is -2.24. The van der Waals surface area contributed by atoms with E-state index in [1.165, 1.54) is 4.90 Å². The summed E-state index contributed by atoms with van der Waals surface area (Å²) in [5.41, 5.74) is 2.51. The molecule has 1 atom stereocenters. The molecule has 1 unspecified atom stereocenters. The number of anilines is 1. The number of carbonyl (C=O) groups is 3. The van der Waals surface area contributed by atoms with E-state index in [0.29, 0.717) is 37.9 Å². The summed E-state index contributed by atoms with van der Waals surface area (Å²) >= 11 is 3.40. The molecule has 0 saturated carbocycles. The number of urea groups is 1. The minimum absolute atomic E-state index is 0.0288. The van der Waals surface area contributed by atoms with Crippen LogP contribution in [0.1, 0.15) is 30.4 Å². The highest BCUT2D eigenvalue weighted by molar-refractivity contribution is 9.10. The summed E-state index contributed by atoms with van der Waals surface area (Å²) in [6.07, 6.45) is 2.09. The number of nitrogens with zero attached hydrogens (tertiary/aromatic N) is 1. The number of rotatable bonds is 8. The van der Waals surface area contributed by atoms with Gasteiger partial charge in [-0.2, -0.15) is 0 Å². The van der Waals surface area contributed by atoms with Gasteiger partial charge in [0, 0.05) is 42.1 Å². The van der Waals surface area contributed by atoms with E-state index in [-0.39, 0.29) is 36.9 Å². The van der Waals surface area contributed by atoms with E-state index >= 15 is 0 Å². The van der Waals surface area contributed by atoms with Crippen LogP contribution in [0.2, 0.25) is 0 Å². The molecule has 164 valence electrons. The number of nitrogens with one attached hydrogen (secondary N) is 2. The number of amides is 4. The minimum atomic E-state index is -0.358. The number of imide groups is 1. The number of carbonyl (C=O) groups excluding carboxylic acids is 3. The van der Waals surface area contributed by atoms with E-state index in [1.807, 2.05) is 24.3 Å². The number of aliphatic hydroxyl groups excluding tert-OH is 1. The van der Waals surface area contributed by atoms with Crippen molar-refractivity contribution in [1.29, 1.82) is 0 Å². The second-order valence-electron chi connectivity index (χ2n) is 7.64. The Kier molecular flexibility index (Phi) is 8.20. The standard InChI is InChI=1S/C23H26BrN3O4/c24-19-8-4-16(5-9-19)12-18(15-28)13-25-23(31)26-20-10-6-17(7-11-20)14-27-21(29)2-1-3-22(27)30/h4-11,18,28H,1-3,12-15H2,(H2,25,26,31). The maximum Gasteiger partial charge on any atom is 0.319 e. The monoisotopic (exact) mass is 487 g/mol. The van der Waals surface area contributed by atoms with Gasteiger partial charge in [0.05, 0.1) is 6.54 Å². The van der Waals surface area contributed by atoms with Crippen LogP contribution < -0.4 is 10.6 Å². The Morgan fingerprint density at radius 1 is 1.00 bits per heavy atom. The Hall–Kier alpha value is -2.71. The van der Waals surface area contributed by atoms with Gasteiger partial charge in [0.2, 0.25) is 11.8 Å². The lowest BCUT2D eigenvalue weighted by molar-refractivity contribution is -0.148. The maximum atomic E-state index is 12.2. The zero-order chi connectivity index (χ0) is 22.2. The van der Waals surface area contributed by atoms with Gasteiger partial charge >= 0.3 is 6.03 Å². The molecule has 1 saturated heterocycles. The molecule has 1 aliphatic rings. The molecular formula is C23H26BrN3O4. The van der Waals surface area contributed by atoms with Crippen LogP contribution in [0.15, 0.2) is 53.0 Å². The highest BCUT2D eigenvalue weighted by Crippen LogP contribution is 2.18. The van der Waals surface area contributed by atoms with E-state index in [9.17, 15) is 19.5 Å². The lowest BCUT2D eigenvalue weighted by atomic mass is 10.0. The molecule has 31 heavy (non-hydrogen) atoms. The number of hydrogen-bond donors (Lipinski definition) is 3. The van der Waals surface area contributed by atoms with Gasteiger partial charge in [0.1, 0.15) is 0 Å². The Bertz CT molecular complexity index is 899. The Labute approximate surface area is 190 Å². The molecule has 3 N–H and O–H groups in total. The van der Waals surface area contributed by atoms with Crippen molar-refractivity contribution in [3.8, 4) is 0 Å². The van der Waals surface area contributed by atoms with Gasteiger partial charge in [-0.15, -0.1) is 0 Å². The first-order chi connectivity index (χ1) is 14.9. The van der Waals surface area contributed by atoms with Crippen LogP contribution >= 0.6 is 15.9 Å². The molecule has 8 heteroatoms. The predicted molar refractivity (Wildman–Crippen MR) is 121 cm³/mol. The first-order valence-corrected chi connectivity index (χ1v) is 11.1. The van der Waals surface area contributed by atoms with Gasteiger partial charge in [0.15, 0.2) is 0 Å². The molecule has 1 fully saturated rings. The first kappa shape index (κ1) is 23.0. The number of benzene rings is 2. The van der Waals surface area contributed by atoms with Gasteiger partial charge in [-0.3, -0.25) is 14.5 Å². The Morgan fingerprint density at radius 3 is 2.23 bits per heavy atom. The van der Waals surface area contributed by atoms with Crippen molar-refractivity contribution in [1.82, 2.24) is 10.2 Å². The van der Waals surface area contributed by atoms with Crippen molar-refractivity contribution in [3.05, 3.63) is 64.1 Å². The molecule has 1 aliphatic heterocycles. The molecular weight excluding hydrogens is 462 g/mol. The average molecular weight is 488 g/mol.